The Morgan fingerprint density at radius 3 is 2.22 bits per heavy atom. The van der Waals surface area contributed by atoms with E-state index in [1.165, 1.54) is 46.1 Å². The third-order valence-electron chi connectivity index (χ3n) is 4.05. The Morgan fingerprint density at radius 1 is 0.926 bits per heavy atom. The molecule has 0 unspecified atom stereocenters. The van der Waals surface area contributed by atoms with Gasteiger partial charge in [-0.3, -0.25) is 9.59 Å². The molecule has 5 rings (SSSR count). The van der Waals surface area contributed by atoms with Crippen molar-refractivity contribution in [2.45, 2.75) is 0 Å². The van der Waals surface area contributed by atoms with Crippen LogP contribution in [-0.4, -0.2) is 21.5 Å². The molecule has 1 aliphatic rings. The van der Waals surface area contributed by atoms with Crippen molar-refractivity contribution < 1.29 is 9.59 Å². The standard InChI is InChI=1S/C18H6Cl2N2O2S3/c19-11-5-8-9(6-12(11)20)15(24)10(14(8)23)3-7-4-13-16(26-7)22-18(27-13)17-21-1-2-25-17/h1-6H. The molecule has 3 aromatic heterocycles. The predicted octanol–water partition coefficient (Wildman–Crippen LogP) is 6.25. The van der Waals surface area contributed by atoms with Crippen molar-refractivity contribution in [1.29, 1.82) is 0 Å². The highest BCUT2D eigenvalue weighted by atomic mass is 35.5. The quantitative estimate of drug-likeness (QED) is 0.268. The molecular weight excluding hydrogens is 443 g/mol. The number of thiophene rings is 1. The normalized spacial score (nSPS) is 13.6. The summed E-state index contributed by atoms with van der Waals surface area (Å²) in [5.41, 5.74) is 0.712. The van der Waals surface area contributed by atoms with Gasteiger partial charge in [0.2, 0.25) is 0 Å². The zero-order valence-electron chi connectivity index (χ0n) is 13.2. The zero-order chi connectivity index (χ0) is 18.7. The van der Waals surface area contributed by atoms with Gasteiger partial charge in [0.25, 0.3) is 0 Å². The molecule has 0 atom stereocenters. The van der Waals surface area contributed by atoms with E-state index in [1.807, 2.05) is 11.4 Å². The molecule has 1 aromatic carbocycles. The number of hydrogen-bond acceptors (Lipinski definition) is 7. The predicted molar refractivity (Wildman–Crippen MR) is 112 cm³/mol. The first-order chi connectivity index (χ1) is 13.0. The molecule has 0 saturated heterocycles. The Balaban J connectivity index is 1.54. The fraction of sp³-hybridized carbons (Fsp3) is 0. The minimum atomic E-state index is -0.332. The van der Waals surface area contributed by atoms with Gasteiger partial charge in [-0.15, -0.1) is 34.0 Å². The molecule has 4 aromatic rings. The monoisotopic (exact) mass is 448 g/mol. The van der Waals surface area contributed by atoms with E-state index >= 15 is 0 Å². The summed E-state index contributed by atoms with van der Waals surface area (Å²) in [4.78, 5) is 35.8. The van der Waals surface area contributed by atoms with E-state index in [9.17, 15) is 9.59 Å². The van der Waals surface area contributed by atoms with Gasteiger partial charge < -0.3 is 0 Å². The first kappa shape index (κ1) is 17.2. The second-order valence-electron chi connectivity index (χ2n) is 5.70. The van der Waals surface area contributed by atoms with Crippen LogP contribution in [0.15, 0.2) is 35.3 Å². The maximum Gasteiger partial charge on any atom is 0.197 e. The molecule has 0 radical (unpaired) electrons. The van der Waals surface area contributed by atoms with Crippen molar-refractivity contribution in [3.05, 3.63) is 61.4 Å². The number of thiazole rings is 2. The van der Waals surface area contributed by atoms with Crippen LogP contribution in [0.5, 0.6) is 0 Å². The molecule has 0 bridgehead atoms. The van der Waals surface area contributed by atoms with Crippen molar-refractivity contribution in [1.82, 2.24) is 9.97 Å². The van der Waals surface area contributed by atoms with Crippen LogP contribution < -0.4 is 0 Å². The minimum Gasteiger partial charge on any atom is -0.288 e. The lowest BCUT2D eigenvalue weighted by atomic mass is 10.1. The summed E-state index contributed by atoms with van der Waals surface area (Å²) in [5, 5.41) is 4.18. The van der Waals surface area contributed by atoms with Gasteiger partial charge in [0.1, 0.15) is 4.83 Å². The van der Waals surface area contributed by atoms with E-state index in [1.54, 1.807) is 12.3 Å². The SMILES string of the molecule is O=C1C(=Cc2cc3sc(-c4nccs4)nc3s2)C(=O)c2cc(Cl)c(Cl)cc21. The maximum atomic E-state index is 12.6. The Hall–Kier alpha value is -1.90. The molecule has 0 aliphatic heterocycles. The largest absolute Gasteiger partial charge is 0.288 e. The van der Waals surface area contributed by atoms with Gasteiger partial charge in [0.05, 0.1) is 20.3 Å². The first-order valence-electron chi connectivity index (χ1n) is 7.61. The van der Waals surface area contributed by atoms with Crippen molar-refractivity contribution in [2.24, 2.45) is 0 Å². The highest BCUT2D eigenvalue weighted by Crippen LogP contribution is 2.38. The zero-order valence-corrected chi connectivity index (χ0v) is 17.1. The summed E-state index contributed by atoms with van der Waals surface area (Å²) < 4.78 is 0.999. The van der Waals surface area contributed by atoms with Crippen LogP contribution in [0.1, 0.15) is 25.6 Å². The average Bonchev–Trinajstić information content (AvgIpc) is 3.38. The van der Waals surface area contributed by atoms with Gasteiger partial charge >= 0.3 is 0 Å². The number of carbonyl (C=O) groups is 2. The molecule has 132 valence electrons. The van der Waals surface area contributed by atoms with Crippen molar-refractivity contribution in [3.8, 4) is 10.0 Å². The molecule has 0 N–H and O–H groups in total. The van der Waals surface area contributed by atoms with Gasteiger partial charge in [-0.2, -0.15) is 0 Å². The Bertz CT molecular complexity index is 1210. The Kier molecular flexibility index (Phi) is 4.03. The van der Waals surface area contributed by atoms with E-state index < -0.39 is 0 Å². The van der Waals surface area contributed by atoms with Gasteiger partial charge in [-0.25, -0.2) is 9.97 Å². The van der Waals surface area contributed by atoms with Crippen LogP contribution in [0.3, 0.4) is 0 Å². The minimum absolute atomic E-state index is 0.123. The van der Waals surface area contributed by atoms with Gasteiger partial charge in [0, 0.05) is 27.6 Å². The number of allylic oxidation sites excluding steroid dienone is 1. The van der Waals surface area contributed by atoms with E-state index in [-0.39, 0.29) is 27.2 Å². The van der Waals surface area contributed by atoms with E-state index in [4.69, 9.17) is 23.2 Å². The van der Waals surface area contributed by atoms with E-state index in [0.29, 0.717) is 11.1 Å². The summed E-state index contributed by atoms with van der Waals surface area (Å²) in [7, 11) is 0. The van der Waals surface area contributed by atoms with Crippen molar-refractivity contribution in [3.63, 3.8) is 0 Å². The second kappa shape index (κ2) is 6.32. The van der Waals surface area contributed by atoms with Gasteiger partial charge in [-0.05, 0) is 24.3 Å². The molecule has 1 aliphatic carbocycles. The number of rotatable bonds is 2. The van der Waals surface area contributed by atoms with Gasteiger partial charge in [-0.1, -0.05) is 23.2 Å². The molecule has 4 nitrogen and oxygen atoms in total. The topological polar surface area (TPSA) is 59.9 Å². The lowest BCUT2D eigenvalue weighted by Gasteiger charge is -1.98. The molecule has 0 fully saturated rings. The molecule has 0 spiro atoms. The van der Waals surface area contributed by atoms with Crippen LogP contribution >= 0.6 is 57.2 Å². The lowest BCUT2D eigenvalue weighted by molar-refractivity contribution is 0.0990. The number of aromatic nitrogens is 2. The fourth-order valence-corrected chi connectivity index (χ4v) is 6.01. The van der Waals surface area contributed by atoms with Crippen LogP contribution in [0.25, 0.3) is 25.6 Å². The number of fused-ring (bicyclic) bond motifs is 2. The molecular formula is C18H6Cl2N2O2S3. The van der Waals surface area contributed by atoms with Gasteiger partial charge in [0.15, 0.2) is 21.6 Å². The third-order valence-corrected chi connectivity index (χ3v) is 7.79. The molecule has 0 saturated carbocycles. The number of nitrogens with zero attached hydrogens (tertiary/aromatic N) is 2. The Labute approximate surface area is 174 Å². The van der Waals surface area contributed by atoms with Crippen LogP contribution in [0.2, 0.25) is 10.0 Å². The summed E-state index contributed by atoms with van der Waals surface area (Å²) in [6.07, 6.45) is 3.37. The van der Waals surface area contributed by atoms with Crippen LogP contribution in [-0.2, 0) is 0 Å². The highest BCUT2D eigenvalue weighted by Gasteiger charge is 2.34. The molecule has 0 amide bonds. The van der Waals surface area contributed by atoms with E-state index in [0.717, 1.165) is 24.4 Å². The molecule has 27 heavy (non-hydrogen) atoms. The first-order valence-corrected chi connectivity index (χ1v) is 10.9. The lowest BCUT2D eigenvalue weighted by Crippen LogP contribution is -1.99. The number of carbonyl (C=O) groups excluding carboxylic acids is 2. The number of Topliss-reactive ketones (excluding diaryl/α,β-unsaturated/α-hetero) is 2. The average molecular weight is 449 g/mol. The number of hydrogen-bond donors (Lipinski definition) is 0. The number of halogens is 2. The summed E-state index contributed by atoms with van der Waals surface area (Å²) in [6, 6.07) is 4.84. The summed E-state index contributed by atoms with van der Waals surface area (Å²) >= 11 is 16.5. The smallest absolute Gasteiger partial charge is 0.197 e. The number of ketones is 2. The Morgan fingerprint density at radius 2 is 1.63 bits per heavy atom. The second-order valence-corrected chi connectivity index (χ2v) is 9.50. The number of benzene rings is 1. The highest BCUT2D eigenvalue weighted by molar-refractivity contribution is 7.30. The summed E-state index contributed by atoms with van der Waals surface area (Å²) in [6.45, 7) is 0. The van der Waals surface area contributed by atoms with Crippen LogP contribution in [0, 0.1) is 0 Å². The maximum absolute atomic E-state index is 12.6. The molecule has 9 heteroatoms. The fourth-order valence-electron chi connectivity index (χ4n) is 2.83. The van der Waals surface area contributed by atoms with Crippen molar-refractivity contribution >= 4 is 84.4 Å². The van der Waals surface area contributed by atoms with E-state index in [2.05, 4.69) is 9.97 Å². The molecule has 3 heterocycles. The van der Waals surface area contributed by atoms with Crippen molar-refractivity contribution in [2.75, 3.05) is 0 Å². The summed E-state index contributed by atoms with van der Waals surface area (Å²) in [5.74, 6) is -0.663. The van der Waals surface area contributed by atoms with Crippen LogP contribution in [0.4, 0.5) is 0 Å². The third kappa shape index (κ3) is 2.78.